The summed E-state index contributed by atoms with van der Waals surface area (Å²) in [6.07, 6.45) is 0. The molecule has 0 fully saturated rings. The predicted molar refractivity (Wildman–Crippen MR) is 108 cm³/mol. The minimum Gasteiger partial charge on any atom is -0.350 e. The van der Waals surface area contributed by atoms with Gasteiger partial charge in [-0.25, -0.2) is 17.7 Å². The molecule has 0 spiro atoms. The molecule has 0 aliphatic rings. The molecule has 0 atom stereocenters. The number of benzene rings is 2. The van der Waals surface area contributed by atoms with Crippen molar-refractivity contribution in [2.24, 2.45) is 0 Å². The van der Waals surface area contributed by atoms with E-state index in [9.17, 15) is 13.2 Å². The summed E-state index contributed by atoms with van der Waals surface area (Å²) in [5.41, 5.74) is 0.231. The zero-order chi connectivity index (χ0) is 19.7. The highest BCUT2D eigenvalue weighted by Crippen LogP contribution is 2.32. The van der Waals surface area contributed by atoms with Gasteiger partial charge in [0, 0.05) is 5.54 Å². The van der Waals surface area contributed by atoms with Crippen LogP contribution in [0.5, 0.6) is 0 Å². The second-order valence-corrected chi connectivity index (χ2v) is 9.96. The molecule has 142 valence electrons. The molecule has 2 aromatic carbocycles. The maximum Gasteiger partial charge on any atom is 0.266 e. The third kappa shape index (κ3) is 4.45. The van der Waals surface area contributed by atoms with Crippen LogP contribution in [0.25, 0.3) is 10.2 Å². The first-order valence-electron chi connectivity index (χ1n) is 8.41. The largest absolute Gasteiger partial charge is 0.350 e. The fraction of sp³-hybridized carbons (Fsp3) is 0.263. The number of rotatable bonds is 5. The topological polar surface area (TPSA) is 79.4 Å². The number of aromatic nitrogens is 1. The van der Waals surface area contributed by atoms with E-state index in [-0.39, 0.29) is 22.5 Å². The van der Waals surface area contributed by atoms with Gasteiger partial charge < -0.3 is 5.32 Å². The van der Waals surface area contributed by atoms with Gasteiger partial charge >= 0.3 is 0 Å². The quantitative estimate of drug-likeness (QED) is 0.708. The van der Waals surface area contributed by atoms with Gasteiger partial charge in [-0.15, -0.1) is 0 Å². The van der Waals surface area contributed by atoms with E-state index in [1.54, 1.807) is 18.2 Å². The van der Waals surface area contributed by atoms with Crippen LogP contribution in [-0.4, -0.2) is 31.4 Å². The highest BCUT2D eigenvalue weighted by molar-refractivity contribution is 7.93. The van der Waals surface area contributed by atoms with Crippen LogP contribution in [0.4, 0.5) is 5.13 Å². The summed E-state index contributed by atoms with van der Waals surface area (Å²) < 4.78 is 28.4. The van der Waals surface area contributed by atoms with E-state index in [2.05, 4.69) is 10.3 Å². The fourth-order valence-electron chi connectivity index (χ4n) is 2.53. The molecule has 1 N–H and O–H groups in total. The maximum atomic E-state index is 13.2. The van der Waals surface area contributed by atoms with Crippen LogP contribution in [0, 0.1) is 0 Å². The van der Waals surface area contributed by atoms with Crippen LogP contribution in [0.15, 0.2) is 59.5 Å². The summed E-state index contributed by atoms with van der Waals surface area (Å²) in [6.45, 7) is 5.20. The normalized spacial score (nSPS) is 12.1. The van der Waals surface area contributed by atoms with Gasteiger partial charge in [-0.1, -0.05) is 41.7 Å². The number of anilines is 1. The van der Waals surface area contributed by atoms with Gasteiger partial charge in [0.05, 0.1) is 15.1 Å². The third-order valence-electron chi connectivity index (χ3n) is 3.63. The van der Waals surface area contributed by atoms with E-state index in [4.69, 9.17) is 0 Å². The van der Waals surface area contributed by atoms with Crippen molar-refractivity contribution < 1.29 is 13.2 Å². The molecule has 6 nitrogen and oxygen atoms in total. The molecule has 3 rings (SSSR count). The molecule has 1 amide bonds. The molecule has 0 bridgehead atoms. The van der Waals surface area contributed by atoms with Crippen molar-refractivity contribution in [1.29, 1.82) is 0 Å². The summed E-state index contributed by atoms with van der Waals surface area (Å²) in [5.74, 6) is -0.388. The molecular formula is C19H21N3O3S2. The first-order valence-corrected chi connectivity index (χ1v) is 10.7. The molecule has 3 aromatic rings. The maximum absolute atomic E-state index is 13.2. The molecule has 0 radical (unpaired) electrons. The van der Waals surface area contributed by atoms with Crippen molar-refractivity contribution in [2.45, 2.75) is 31.2 Å². The Kier molecular flexibility index (Phi) is 5.21. The Bertz CT molecular complexity index is 1020. The molecule has 8 heteroatoms. The number of thiazole rings is 1. The fourth-order valence-corrected chi connectivity index (χ4v) is 5.10. The Labute approximate surface area is 162 Å². The molecule has 1 heterocycles. The highest BCUT2D eigenvalue weighted by Gasteiger charge is 2.30. The van der Waals surface area contributed by atoms with Crippen LogP contribution in [-0.2, 0) is 14.8 Å². The first-order chi connectivity index (χ1) is 12.7. The number of amides is 1. The summed E-state index contributed by atoms with van der Waals surface area (Å²) in [4.78, 5) is 17.1. The average molecular weight is 404 g/mol. The van der Waals surface area contributed by atoms with E-state index in [1.807, 2.05) is 45.0 Å². The number of carbonyl (C=O) groups excluding carboxylic acids is 1. The van der Waals surface area contributed by atoms with Crippen molar-refractivity contribution in [3.05, 3.63) is 54.6 Å². The zero-order valence-electron chi connectivity index (χ0n) is 15.3. The highest BCUT2D eigenvalue weighted by atomic mass is 32.2. The van der Waals surface area contributed by atoms with E-state index < -0.39 is 15.6 Å². The summed E-state index contributed by atoms with van der Waals surface area (Å²) >= 11 is 1.24. The summed E-state index contributed by atoms with van der Waals surface area (Å²) in [7, 11) is -3.93. The van der Waals surface area contributed by atoms with Crippen molar-refractivity contribution >= 4 is 42.6 Å². The molecule has 27 heavy (non-hydrogen) atoms. The van der Waals surface area contributed by atoms with Gasteiger partial charge in [-0.2, -0.15) is 0 Å². The smallest absolute Gasteiger partial charge is 0.266 e. The van der Waals surface area contributed by atoms with E-state index in [0.717, 1.165) is 9.01 Å². The summed E-state index contributed by atoms with van der Waals surface area (Å²) in [5, 5.41) is 3.08. The van der Waals surface area contributed by atoms with Crippen molar-refractivity contribution in [1.82, 2.24) is 10.3 Å². The Morgan fingerprint density at radius 3 is 2.33 bits per heavy atom. The zero-order valence-corrected chi connectivity index (χ0v) is 17.0. The van der Waals surface area contributed by atoms with Gasteiger partial charge in [0.25, 0.3) is 10.0 Å². The summed E-state index contributed by atoms with van der Waals surface area (Å²) in [6, 6.07) is 15.5. The second-order valence-electron chi connectivity index (χ2n) is 7.09. The lowest BCUT2D eigenvalue weighted by Crippen LogP contribution is -2.47. The number of hydrogen-bond acceptors (Lipinski definition) is 5. The lowest BCUT2D eigenvalue weighted by molar-refractivity contribution is -0.121. The van der Waals surface area contributed by atoms with Gasteiger partial charge in [-0.3, -0.25) is 4.79 Å². The van der Waals surface area contributed by atoms with E-state index >= 15 is 0 Å². The third-order valence-corrected chi connectivity index (χ3v) is 6.55. The number of sulfonamides is 1. The predicted octanol–water partition coefficient (Wildman–Crippen LogP) is 3.41. The van der Waals surface area contributed by atoms with E-state index in [1.165, 1.54) is 23.5 Å². The Balaban J connectivity index is 2.04. The molecule has 1 aromatic heterocycles. The molecule has 0 unspecified atom stereocenters. The number of carbonyl (C=O) groups is 1. The molecule has 0 aliphatic heterocycles. The Morgan fingerprint density at radius 1 is 1.07 bits per heavy atom. The lowest BCUT2D eigenvalue weighted by atomic mass is 10.1. The van der Waals surface area contributed by atoms with Gasteiger partial charge in [0.1, 0.15) is 6.54 Å². The van der Waals surface area contributed by atoms with Crippen LogP contribution in [0.3, 0.4) is 0 Å². The van der Waals surface area contributed by atoms with Crippen LogP contribution >= 0.6 is 11.3 Å². The van der Waals surface area contributed by atoms with Gasteiger partial charge in [0.2, 0.25) is 11.0 Å². The number of fused-ring (bicyclic) bond motifs is 1. The standard InChI is InChI=1S/C19H21N3O3S2/c1-19(2,3)21-17(23)13-22(27(24,25)14-9-5-4-6-10-14)18-20-15-11-7-8-12-16(15)26-18/h4-12H,13H2,1-3H3,(H,21,23). The van der Waals surface area contributed by atoms with Gasteiger partial charge in [0.15, 0.2) is 0 Å². The molecule has 0 saturated carbocycles. The van der Waals surface area contributed by atoms with Crippen LogP contribution in [0.1, 0.15) is 20.8 Å². The van der Waals surface area contributed by atoms with Crippen LogP contribution < -0.4 is 9.62 Å². The van der Waals surface area contributed by atoms with Crippen molar-refractivity contribution in [2.75, 3.05) is 10.8 Å². The minimum atomic E-state index is -3.93. The molecule has 0 aliphatic carbocycles. The van der Waals surface area contributed by atoms with Crippen molar-refractivity contribution in [3.63, 3.8) is 0 Å². The first kappa shape index (κ1) is 19.3. The molecule has 0 saturated heterocycles. The lowest BCUT2D eigenvalue weighted by Gasteiger charge is -2.25. The van der Waals surface area contributed by atoms with Crippen molar-refractivity contribution in [3.8, 4) is 0 Å². The number of nitrogens with one attached hydrogen (secondary N) is 1. The SMILES string of the molecule is CC(C)(C)NC(=O)CN(c1nc2ccccc2s1)S(=O)(=O)c1ccccc1. The number of hydrogen-bond donors (Lipinski definition) is 1. The number of nitrogens with zero attached hydrogens (tertiary/aromatic N) is 2. The van der Waals surface area contributed by atoms with Gasteiger partial charge in [-0.05, 0) is 45.0 Å². The minimum absolute atomic E-state index is 0.118. The second kappa shape index (κ2) is 7.28. The number of para-hydroxylation sites is 1. The molecular weight excluding hydrogens is 382 g/mol. The Morgan fingerprint density at radius 2 is 1.70 bits per heavy atom. The average Bonchev–Trinajstić information content (AvgIpc) is 3.02. The van der Waals surface area contributed by atoms with Crippen LogP contribution in [0.2, 0.25) is 0 Å². The van der Waals surface area contributed by atoms with E-state index in [0.29, 0.717) is 5.52 Å². The monoisotopic (exact) mass is 403 g/mol. The Hall–Kier alpha value is -2.45.